The van der Waals surface area contributed by atoms with Crippen molar-refractivity contribution in [1.82, 2.24) is 29.0 Å². The molecule has 0 spiro atoms. The molecule has 4 heterocycles. The van der Waals surface area contributed by atoms with Crippen LogP contribution in [0.5, 0.6) is 11.6 Å². The number of hydrogen-bond donors (Lipinski definition) is 1. The number of halogens is 4. The van der Waals surface area contributed by atoms with Gasteiger partial charge in [-0.3, -0.25) is 4.90 Å². The van der Waals surface area contributed by atoms with E-state index in [0.717, 1.165) is 17.8 Å². The van der Waals surface area contributed by atoms with E-state index in [1.807, 2.05) is 16.1 Å². The molecule has 250 valence electrons. The monoisotopic (exact) mass is 680 g/mol. The molecular weight excluding hydrogens is 649 g/mol. The van der Waals surface area contributed by atoms with Gasteiger partial charge in [0.25, 0.3) is 0 Å². The minimum absolute atomic E-state index is 0.0172. The lowest BCUT2D eigenvalue weighted by atomic mass is 10.1. The van der Waals surface area contributed by atoms with E-state index in [2.05, 4.69) is 14.9 Å². The first-order valence-electron chi connectivity index (χ1n) is 15.4. The van der Waals surface area contributed by atoms with Gasteiger partial charge in [-0.05, 0) is 67.8 Å². The number of carboxylic acids is 1. The van der Waals surface area contributed by atoms with E-state index in [4.69, 9.17) is 31.2 Å². The summed E-state index contributed by atoms with van der Waals surface area (Å²) in [6.45, 7) is 4.59. The second-order valence-electron chi connectivity index (χ2n) is 11.4. The van der Waals surface area contributed by atoms with E-state index in [-0.39, 0.29) is 40.6 Å². The Morgan fingerprint density at radius 2 is 1.85 bits per heavy atom. The average molecular weight is 681 g/mol. The molecule has 2 aromatic carbocycles. The van der Waals surface area contributed by atoms with Crippen LogP contribution in [0, 0.1) is 17.5 Å². The lowest BCUT2D eigenvalue weighted by molar-refractivity contribution is -0.131. The third-order valence-electron chi connectivity index (χ3n) is 8.12. The third kappa shape index (κ3) is 7.63. The fourth-order valence-electron chi connectivity index (χ4n) is 5.66. The van der Waals surface area contributed by atoms with Crippen LogP contribution < -0.4 is 9.47 Å². The van der Waals surface area contributed by atoms with Gasteiger partial charge >= 0.3 is 5.97 Å². The first kappa shape index (κ1) is 33.0. The summed E-state index contributed by atoms with van der Waals surface area (Å²) in [5.41, 5.74) is 2.08. The van der Waals surface area contributed by atoms with Crippen molar-refractivity contribution >= 4 is 34.7 Å². The summed E-state index contributed by atoms with van der Waals surface area (Å²) in [6, 6.07) is 9.66. The lowest BCUT2D eigenvalue weighted by Gasteiger charge is -2.31. The predicted molar refractivity (Wildman–Crippen MR) is 172 cm³/mol. The SMILES string of the molecule is CCn1cncc1Cn1c(CN2CCC(Oc3ccc(F)c(COc4ccc(Cl)cc4F)n3)CC2)nc2c(F)cc(/C=C/C(=O)O)cc21. The minimum atomic E-state index is -1.13. The zero-order valence-corrected chi connectivity index (χ0v) is 26.7. The summed E-state index contributed by atoms with van der Waals surface area (Å²) < 4.78 is 59.3. The van der Waals surface area contributed by atoms with Crippen LogP contribution in [0.25, 0.3) is 17.1 Å². The Bertz CT molecular complexity index is 1970. The van der Waals surface area contributed by atoms with Gasteiger partial charge in [-0.2, -0.15) is 0 Å². The smallest absolute Gasteiger partial charge is 0.328 e. The van der Waals surface area contributed by atoms with Crippen molar-refractivity contribution in [2.75, 3.05) is 13.1 Å². The highest BCUT2D eigenvalue weighted by atomic mass is 35.5. The molecule has 1 saturated heterocycles. The van der Waals surface area contributed by atoms with Crippen molar-refractivity contribution in [3.05, 3.63) is 106 Å². The molecule has 0 saturated carbocycles. The Balaban J connectivity index is 1.14. The zero-order valence-electron chi connectivity index (χ0n) is 26.0. The standard InChI is InChI=1S/C34H32ClF3N6O4/c1-2-43-20-39-16-23(43)17-44-29-14-21(3-8-33(45)46)13-27(38)34(29)41-31(44)18-42-11-9-24(10-12-42)48-32-7-5-25(36)28(40-32)19-47-30-6-4-22(35)15-26(30)37/h3-8,13-16,20,24H,2,9-12,17-19H2,1H3,(H,45,46)/b8-3+. The Labute approximate surface area is 279 Å². The molecule has 0 bridgehead atoms. The molecule has 10 nitrogen and oxygen atoms in total. The number of hydrogen-bond acceptors (Lipinski definition) is 7. The molecule has 1 N–H and O–H groups in total. The largest absolute Gasteiger partial charge is 0.484 e. The number of ether oxygens (including phenoxy) is 2. The maximum atomic E-state index is 15.3. The molecular formula is C34H32ClF3N6O4. The van der Waals surface area contributed by atoms with Gasteiger partial charge in [-0.1, -0.05) is 11.6 Å². The average Bonchev–Trinajstić information content (AvgIpc) is 3.66. The van der Waals surface area contributed by atoms with Crippen molar-refractivity contribution in [3.63, 3.8) is 0 Å². The van der Waals surface area contributed by atoms with Gasteiger partial charge in [0.15, 0.2) is 17.4 Å². The molecule has 0 amide bonds. The fourth-order valence-corrected chi connectivity index (χ4v) is 5.82. The van der Waals surface area contributed by atoms with Gasteiger partial charge in [-0.15, -0.1) is 0 Å². The van der Waals surface area contributed by atoms with Crippen molar-refractivity contribution in [2.24, 2.45) is 0 Å². The summed E-state index contributed by atoms with van der Waals surface area (Å²) >= 11 is 5.78. The number of aromatic nitrogens is 5. The van der Waals surface area contributed by atoms with E-state index in [0.29, 0.717) is 62.5 Å². The quantitative estimate of drug-likeness (QED) is 0.149. The second-order valence-corrected chi connectivity index (χ2v) is 11.8. The number of carbonyl (C=O) groups is 1. The molecule has 3 aromatic heterocycles. The molecule has 1 aliphatic rings. The van der Waals surface area contributed by atoms with Gasteiger partial charge in [-0.25, -0.2) is 32.9 Å². The summed E-state index contributed by atoms with van der Waals surface area (Å²) in [6.07, 6.45) is 6.97. The van der Waals surface area contributed by atoms with Crippen molar-refractivity contribution in [3.8, 4) is 11.6 Å². The molecule has 5 aromatic rings. The molecule has 48 heavy (non-hydrogen) atoms. The van der Waals surface area contributed by atoms with Crippen LogP contribution >= 0.6 is 11.6 Å². The van der Waals surface area contributed by atoms with Crippen LogP contribution in [0.1, 0.15) is 42.5 Å². The van der Waals surface area contributed by atoms with E-state index in [1.54, 1.807) is 18.6 Å². The maximum Gasteiger partial charge on any atom is 0.328 e. The van der Waals surface area contributed by atoms with Crippen molar-refractivity contribution in [1.29, 1.82) is 0 Å². The highest BCUT2D eigenvalue weighted by molar-refractivity contribution is 6.30. The van der Waals surface area contributed by atoms with E-state index in [1.165, 1.54) is 36.4 Å². The van der Waals surface area contributed by atoms with Gasteiger partial charge in [0.05, 0.1) is 30.6 Å². The number of likely N-dealkylation sites (tertiary alicyclic amines) is 1. The van der Waals surface area contributed by atoms with Gasteiger partial charge in [0.2, 0.25) is 5.88 Å². The molecule has 0 unspecified atom stereocenters. The molecule has 0 aliphatic carbocycles. The Morgan fingerprint density at radius 3 is 2.60 bits per heavy atom. The fraction of sp³-hybridized carbons (Fsp3) is 0.294. The number of benzene rings is 2. The zero-order chi connectivity index (χ0) is 33.8. The summed E-state index contributed by atoms with van der Waals surface area (Å²) in [7, 11) is 0. The highest BCUT2D eigenvalue weighted by Crippen LogP contribution is 2.27. The molecule has 0 radical (unpaired) electrons. The summed E-state index contributed by atoms with van der Waals surface area (Å²) in [5, 5.41) is 9.29. The first-order chi connectivity index (χ1) is 23.2. The van der Waals surface area contributed by atoms with Crippen LogP contribution in [0.4, 0.5) is 13.2 Å². The lowest BCUT2D eigenvalue weighted by Crippen LogP contribution is -2.38. The predicted octanol–water partition coefficient (Wildman–Crippen LogP) is 6.49. The number of fused-ring (bicyclic) bond motifs is 1. The first-order valence-corrected chi connectivity index (χ1v) is 15.8. The number of aryl methyl sites for hydroxylation is 1. The number of aliphatic carboxylic acids is 1. The third-order valence-corrected chi connectivity index (χ3v) is 8.36. The number of imidazole rings is 2. The van der Waals surface area contributed by atoms with Crippen LogP contribution in [0.3, 0.4) is 0 Å². The van der Waals surface area contributed by atoms with E-state index >= 15 is 4.39 Å². The van der Waals surface area contributed by atoms with Crippen molar-refractivity contribution < 1.29 is 32.5 Å². The Morgan fingerprint density at radius 1 is 1.04 bits per heavy atom. The van der Waals surface area contributed by atoms with Crippen LogP contribution in [-0.2, 0) is 31.0 Å². The van der Waals surface area contributed by atoms with E-state index < -0.39 is 23.4 Å². The van der Waals surface area contributed by atoms with Gasteiger partial charge in [0.1, 0.15) is 35.6 Å². The number of pyridine rings is 1. The number of rotatable bonds is 12. The van der Waals surface area contributed by atoms with Crippen LogP contribution in [0.2, 0.25) is 5.02 Å². The number of carboxylic acid groups (broad SMARTS) is 1. The normalized spacial score (nSPS) is 14.3. The van der Waals surface area contributed by atoms with Gasteiger partial charge in [0, 0.05) is 43.0 Å². The Hall–Kier alpha value is -4.88. The summed E-state index contributed by atoms with van der Waals surface area (Å²) in [5.74, 6) is -2.09. The second kappa shape index (κ2) is 14.5. The number of nitrogens with zero attached hydrogens (tertiary/aromatic N) is 6. The van der Waals surface area contributed by atoms with Crippen LogP contribution in [-0.4, -0.2) is 59.3 Å². The van der Waals surface area contributed by atoms with Gasteiger partial charge < -0.3 is 23.7 Å². The molecule has 1 fully saturated rings. The summed E-state index contributed by atoms with van der Waals surface area (Å²) in [4.78, 5) is 26.5. The van der Waals surface area contributed by atoms with Crippen LogP contribution in [0.15, 0.2) is 61.1 Å². The van der Waals surface area contributed by atoms with Crippen molar-refractivity contribution in [2.45, 2.75) is 52.1 Å². The molecule has 0 atom stereocenters. The minimum Gasteiger partial charge on any atom is -0.484 e. The molecule has 14 heteroatoms. The van der Waals surface area contributed by atoms with E-state index in [9.17, 15) is 13.6 Å². The number of piperidine rings is 1. The maximum absolute atomic E-state index is 15.3. The Kier molecular flexibility index (Phi) is 9.97. The molecule has 6 rings (SSSR count). The topological polar surface area (TPSA) is 108 Å². The highest BCUT2D eigenvalue weighted by Gasteiger charge is 2.25. The molecule has 1 aliphatic heterocycles.